The highest BCUT2D eigenvalue weighted by atomic mass is 35.5. The lowest BCUT2D eigenvalue weighted by Crippen LogP contribution is -2.46. The van der Waals surface area contributed by atoms with Crippen molar-refractivity contribution in [3.63, 3.8) is 0 Å². The van der Waals surface area contributed by atoms with E-state index in [9.17, 15) is 9.59 Å². The summed E-state index contributed by atoms with van der Waals surface area (Å²) in [5.74, 6) is -0.163. The summed E-state index contributed by atoms with van der Waals surface area (Å²) in [6.45, 7) is 8.91. The average Bonchev–Trinajstić information content (AvgIpc) is 2.47. The van der Waals surface area contributed by atoms with Gasteiger partial charge in [-0.1, -0.05) is 32.4 Å². The lowest BCUT2D eigenvalue weighted by molar-refractivity contribution is -0.117. The first kappa shape index (κ1) is 20.7. The van der Waals surface area contributed by atoms with Crippen LogP contribution in [0.3, 0.4) is 0 Å². The maximum atomic E-state index is 12.6. The fourth-order valence-electron chi connectivity index (χ4n) is 2.49. The highest BCUT2D eigenvalue weighted by Gasteiger charge is 2.21. The number of hydrogen-bond acceptors (Lipinski definition) is 3. The molecule has 2 rings (SSSR count). The summed E-state index contributed by atoms with van der Waals surface area (Å²) in [6.07, 6.45) is 0.413. The molecule has 0 spiro atoms. The summed E-state index contributed by atoms with van der Waals surface area (Å²) in [4.78, 5) is 26.4. The van der Waals surface area contributed by atoms with Gasteiger partial charge < -0.3 is 15.5 Å². The molecule has 1 aromatic rings. The molecule has 1 fully saturated rings. The number of anilines is 1. The van der Waals surface area contributed by atoms with Gasteiger partial charge in [-0.2, -0.15) is 0 Å². The Kier molecular flexibility index (Phi) is 7.52. The van der Waals surface area contributed by atoms with Crippen molar-refractivity contribution >= 4 is 41.5 Å². The van der Waals surface area contributed by atoms with E-state index in [1.807, 2.05) is 20.8 Å². The molecule has 1 aromatic carbocycles. The summed E-state index contributed by atoms with van der Waals surface area (Å²) in [6, 6.07) is 5.04. The fourth-order valence-corrected chi connectivity index (χ4v) is 2.69. The van der Waals surface area contributed by atoms with Gasteiger partial charge in [0, 0.05) is 38.3 Å². The third-order valence-corrected chi connectivity index (χ3v) is 3.91. The quantitative estimate of drug-likeness (QED) is 0.854. The van der Waals surface area contributed by atoms with Gasteiger partial charge in [-0.05, 0) is 23.6 Å². The third kappa shape index (κ3) is 5.96. The van der Waals surface area contributed by atoms with Crippen LogP contribution >= 0.6 is 24.0 Å². The number of benzene rings is 1. The summed E-state index contributed by atoms with van der Waals surface area (Å²) in [5.41, 5.74) is 0.944. The first-order valence-corrected chi connectivity index (χ1v) is 8.23. The highest BCUT2D eigenvalue weighted by molar-refractivity contribution is 6.34. The Bertz CT molecular complexity index is 594. The zero-order chi connectivity index (χ0) is 17.0. The third-order valence-electron chi connectivity index (χ3n) is 3.58. The van der Waals surface area contributed by atoms with Crippen molar-refractivity contribution in [3.8, 4) is 0 Å². The predicted molar refractivity (Wildman–Crippen MR) is 100 cm³/mol. The van der Waals surface area contributed by atoms with Gasteiger partial charge in [0.15, 0.2) is 0 Å². The number of nitrogens with zero attached hydrogens (tertiary/aromatic N) is 1. The average molecular weight is 374 g/mol. The first-order chi connectivity index (χ1) is 10.8. The van der Waals surface area contributed by atoms with E-state index in [1.54, 1.807) is 23.1 Å². The zero-order valence-electron chi connectivity index (χ0n) is 14.3. The van der Waals surface area contributed by atoms with Crippen LogP contribution < -0.4 is 10.6 Å². The number of hydrogen-bond donors (Lipinski definition) is 2. The first-order valence-electron chi connectivity index (χ1n) is 7.86. The maximum absolute atomic E-state index is 12.6. The van der Waals surface area contributed by atoms with Crippen LogP contribution in [0.5, 0.6) is 0 Å². The number of halogens is 2. The van der Waals surface area contributed by atoms with Gasteiger partial charge >= 0.3 is 0 Å². The molecular weight excluding hydrogens is 349 g/mol. The second-order valence-electron chi connectivity index (χ2n) is 7.02. The van der Waals surface area contributed by atoms with E-state index in [0.717, 1.165) is 13.1 Å². The molecule has 7 heteroatoms. The Balaban J connectivity index is 0.00000288. The summed E-state index contributed by atoms with van der Waals surface area (Å²) < 4.78 is 0. The Morgan fingerprint density at radius 3 is 2.46 bits per heavy atom. The molecule has 0 unspecified atom stereocenters. The Morgan fingerprint density at radius 1 is 1.25 bits per heavy atom. The maximum Gasteiger partial charge on any atom is 0.255 e. The standard InChI is InChI=1S/C17H24ClN3O2.ClH/c1-17(2,3)11-15(22)20-12-4-5-14(18)13(10-12)16(23)21-8-6-19-7-9-21;/h4-5,10,19H,6-9,11H2,1-3H3,(H,20,22);1H. The van der Waals surface area contributed by atoms with Crippen molar-refractivity contribution in [2.24, 2.45) is 5.41 Å². The van der Waals surface area contributed by atoms with E-state index >= 15 is 0 Å². The molecule has 0 bridgehead atoms. The predicted octanol–water partition coefficient (Wildman–Crippen LogP) is 3.18. The fraction of sp³-hybridized carbons (Fsp3) is 0.529. The normalized spacial score (nSPS) is 14.8. The number of piperazine rings is 1. The van der Waals surface area contributed by atoms with E-state index < -0.39 is 0 Å². The zero-order valence-corrected chi connectivity index (χ0v) is 15.9. The molecule has 1 aliphatic heterocycles. The molecule has 1 heterocycles. The minimum atomic E-state index is -0.0941. The minimum Gasteiger partial charge on any atom is -0.336 e. The van der Waals surface area contributed by atoms with Crippen molar-refractivity contribution in [2.75, 3.05) is 31.5 Å². The minimum absolute atomic E-state index is 0. The van der Waals surface area contributed by atoms with Gasteiger partial charge in [-0.15, -0.1) is 12.4 Å². The van der Waals surface area contributed by atoms with Gasteiger partial charge in [0.25, 0.3) is 5.91 Å². The molecule has 0 aliphatic carbocycles. The van der Waals surface area contributed by atoms with Crippen LogP contribution in [-0.4, -0.2) is 42.9 Å². The molecule has 24 heavy (non-hydrogen) atoms. The largest absolute Gasteiger partial charge is 0.336 e. The van der Waals surface area contributed by atoms with Crippen molar-refractivity contribution in [1.82, 2.24) is 10.2 Å². The van der Waals surface area contributed by atoms with Crippen LogP contribution in [0.1, 0.15) is 37.6 Å². The van der Waals surface area contributed by atoms with E-state index in [0.29, 0.717) is 35.8 Å². The molecule has 1 saturated heterocycles. The second-order valence-corrected chi connectivity index (χ2v) is 7.43. The second kappa shape index (κ2) is 8.70. The molecule has 1 aliphatic rings. The van der Waals surface area contributed by atoms with Crippen molar-refractivity contribution in [2.45, 2.75) is 27.2 Å². The highest BCUT2D eigenvalue weighted by Crippen LogP contribution is 2.24. The number of amides is 2. The number of carbonyl (C=O) groups excluding carboxylic acids is 2. The van der Waals surface area contributed by atoms with Crippen LogP contribution in [0.4, 0.5) is 5.69 Å². The van der Waals surface area contributed by atoms with E-state index in [-0.39, 0.29) is 29.6 Å². The van der Waals surface area contributed by atoms with Crippen LogP contribution in [-0.2, 0) is 4.79 Å². The monoisotopic (exact) mass is 373 g/mol. The smallest absolute Gasteiger partial charge is 0.255 e. The van der Waals surface area contributed by atoms with E-state index in [4.69, 9.17) is 11.6 Å². The number of rotatable bonds is 3. The van der Waals surface area contributed by atoms with Gasteiger partial charge in [-0.3, -0.25) is 9.59 Å². The SMILES string of the molecule is CC(C)(C)CC(=O)Nc1ccc(Cl)c(C(=O)N2CCNCC2)c1.Cl. The summed E-state index contributed by atoms with van der Waals surface area (Å²) in [5, 5.41) is 6.46. The van der Waals surface area contributed by atoms with Crippen molar-refractivity contribution < 1.29 is 9.59 Å². The molecule has 0 atom stereocenters. The van der Waals surface area contributed by atoms with Crippen molar-refractivity contribution in [1.29, 1.82) is 0 Å². The Labute approximate surface area is 154 Å². The van der Waals surface area contributed by atoms with Gasteiger partial charge in [-0.25, -0.2) is 0 Å². The summed E-state index contributed by atoms with van der Waals surface area (Å²) >= 11 is 6.18. The lowest BCUT2D eigenvalue weighted by Gasteiger charge is -2.28. The molecule has 134 valence electrons. The topological polar surface area (TPSA) is 61.4 Å². The van der Waals surface area contributed by atoms with Crippen LogP contribution in [0.2, 0.25) is 5.02 Å². The molecule has 2 N–H and O–H groups in total. The van der Waals surface area contributed by atoms with Crippen LogP contribution in [0.25, 0.3) is 0 Å². The number of carbonyl (C=O) groups is 2. The van der Waals surface area contributed by atoms with E-state index in [1.165, 1.54) is 0 Å². The van der Waals surface area contributed by atoms with Gasteiger partial charge in [0.1, 0.15) is 0 Å². The number of nitrogens with one attached hydrogen (secondary N) is 2. The van der Waals surface area contributed by atoms with Crippen molar-refractivity contribution in [3.05, 3.63) is 28.8 Å². The lowest BCUT2D eigenvalue weighted by atomic mass is 9.92. The summed E-state index contributed by atoms with van der Waals surface area (Å²) in [7, 11) is 0. The van der Waals surface area contributed by atoms with Crippen LogP contribution in [0, 0.1) is 5.41 Å². The van der Waals surface area contributed by atoms with E-state index in [2.05, 4.69) is 10.6 Å². The molecule has 0 saturated carbocycles. The molecule has 0 radical (unpaired) electrons. The van der Waals surface area contributed by atoms with Gasteiger partial charge in [0.05, 0.1) is 10.6 Å². The Morgan fingerprint density at radius 2 is 1.88 bits per heavy atom. The molecular formula is C17H25Cl2N3O2. The molecule has 0 aromatic heterocycles. The molecule has 2 amide bonds. The Hall–Kier alpha value is -1.30. The van der Waals surface area contributed by atoms with Gasteiger partial charge in [0.2, 0.25) is 5.91 Å². The molecule has 5 nitrogen and oxygen atoms in total. The van der Waals surface area contributed by atoms with Crippen LogP contribution in [0.15, 0.2) is 18.2 Å².